The predicted octanol–water partition coefficient (Wildman–Crippen LogP) is -1.62. The fraction of sp³-hybridized carbons (Fsp3) is 0. The van der Waals surface area contributed by atoms with Crippen molar-refractivity contribution in [1.29, 1.82) is 0 Å². The third kappa shape index (κ3) is 433. The molecule has 0 aliphatic rings. The summed E-state index contributed by atoms with van der Waals surface area (Å²) < 4.78 is 54.4. The van der Waals surface area contributed by atoms with Crippen molar-refractivity contribution in [3.8, 4) is 0 Å². The van der Waals surface area contributed by atoms with Gasteiger partial charge in [-0.05, 0) is 0 Å². The summed E-state index contributed by atoms with van der Waals surface area (Å²) in [5.74, 6) is 0. The minimum absolute atomic E-state index is 0. The molecule has 0 spiro atoms. The maximum Gasteiger partial charge on any atom is 0 e. The van der Waals surface area contributed by atoms with E-state index in [0.717, 1.165) is 0 Å². The van der Waals surface area contributed by atoms with E-state index in [9.17, 15) is 0 Å². The first-order chi connectivity index (χ1) is 3.73. The van der Waals surface area contributed by atoms with E-state index in [1.807, 2.05) is 0 Å². The molecule has 0 aliphatic carbocycles. The molecule has 0 heterocycles. The van der Waals surface area contributed by atoms with Gasteiger partial charge in [-0.3, -0.25) is 18.2 Å². The van der Waals surface area contributed by atoms with E-state index in [-0.39, 0.29) is 49.0 Å². The van der Waals surface area contributed by atoms with Crippen LogP contribution in [0.1, 0.15) is 0 Å². The Morgan fingerprint density at radius 3 is 1.09 bits per heavy atom. The van der Waals surface area contributed by atoms with E-state index in [4.69, 9.17) is 30.8 Å². The number of hydrogen-bond donors (Lipinski definition) is 4. The van der Waals surface area contributed by atoms with Crippen molar-refractivity contribution >= 4 is 51.3 Å². The molecule has 0 saturated heterocycles. The molecule has 0 aromatic heterocycles. The van der Waals surface area contributed by atoms with Crippen LogP contribution >= 0.6 is 0 Å². The molecule has 0 radical (unpaired) electrons. The van der Waals surface area contributed by atoms with Gasteiger partial charge >= 0.3 is 40.0 Å². The van der Waals surface area contributed by atoms with Gasteiger partial charge in [-0.15, -0.1) is 0 Å². The molecule has 0 amide bonds. The fourth-order valence-electron chi connectivity index (χ4n) is 0. The van der Waals surface area contributed by atoms with Crippen molar-refractivity contribution < 1.29 is 50.3 Å². The third-order valence-electron chi connectivity index (χ3n) is 0. The first-order valence-corrected chi connectivity index (χ1v) is 3.69. The molecule has 11 heavy (non-hydrogen) atoms. The SMILES string of the molecule is O=S(=O)(O)O.O=S(O)O.[NaH].[Zn]. The zero-order valence-corrected chi connectivity index (χ0v) is 9.14. The molecular formula is H5NaO7S2Zn. The Labute approximate surface area is 101 Å². The normalized spacial score (nSPS) is 8.45. The second-order valence-electron chi connectivity index (χ2n) is 0.679. The summed E-state index contributed by atoms with van der Waals surface area (Å²) in [4.78, 5) is 0. The first kappa shape index (κ1) is 22.9. The maximum absolute atomic E-state index is 8.74. The fourth-order valence-corrected chi connectivity index (χ4v) is 0. The number of rotatable bonds is 0. The van der Waals surface area contributed by atoms with Crippen LogP contribution in [0.2, 0.25) is 0 Å². The van der Waals surface area contributed by atoms with Crippen LogP contribution in [0.4, 0.5) is 0 Å². The van der Waals surface area contributed by atoms with Crippen LogP contribution in [0.5, 0.6) is 0 Å². The predicted molar refractivity (Wildman–Crippen MR) is 34.7 cm³/mol. The van der Waals surface area contributed by atoms with E-state index < -0.39 is 21.8 Å². The zero-order chi connectivity index (χ0) is 8.08. The molecule has 7 nitrogen and oxygen atoms in total. The van der Waals surface area contributed by atoms with Crippen molar-refractivity contribution in [3.63, 3.8) is 0 Å². The van der Waals surface area contributed by atoms with Crippen molar-refractivity contribution in [1.82, 2.24) is 0 Å². The summed E-state index contributed by atoms with van der Waals surface area (Å²) >= 11 is -2.61. The Morgan fingerprint density at radius 1 is 1.09 bits per heavy atom. The van der Waals surface area contributed by atoms with Crippen LogP contribution in [0.25, 0.3) is 0 Å². The van der Waals surface area contributed by atoms with Gasteiger partial charge < -0.3 is 0 Å². The molecule has 0 unspecified atom stereocenters. The molecule has 0 bridgehead atoms. The summed E-state index contributed by atoms with van der Waals surface area (Å²) in [5, 5.41) is 0. The molecule has 0 aromatic rings. The molecule has 11 heteroatoms. The second-order valence-corrected chi connectivity index (χ2v) is 2.04. The average molecular weight is 270 g/mol. The van der Waals surface area contributed by atoms with E-state index in [1.54, 1.807) is 0 Å². The average Bonchev–Trinajstić information content (AvgIpc) is 1.19. The van der Waals surface area contributed by atoms with E-state index in [1.165, 1.54) is 0 Å². The first-order valence-electron chi connectivity index (χ1n) is 1.23. The van der Waals surface area contributed by atoms with Crippen molar-refractivity contribution in [2.45, 2.75) is 0 Å². The summed E-state index contributed by atoms with van der Waals surface area (Å²) in [5.41, 5.74) is 0. The van der Waals surface area contributed by atoms with Gasteiger partial charge in [0.05, 0.1) is 0 Å². The Morgan fingerprint density at radius 2 is 1.09 bits per heavy atom. The monoisotopic (exact) mass is 268 g/mol. The summed E-state index contributed by atoms with van der Waals surface area (Å²) in [6.07, 6.45) is 0. The Kier molecular flexibility index (Phi) is 24.1. The standard InChI is InChI=1S/Na.H2O4S.H2O3S.Zn.H/c;1-5(2,3)4;1-4(2)3;;/h;(H2,1,2,3,4);(H2,1,2,3);;. The molecule has 4 N–H and O–H groups in total. The quantitative estimate of drug-likeness (QED) is 0.236. The van der Waals surface area contributed by atoms with E-state index in [2.05, 4.69) is 0 Å². The zero-order valence-electron chi connectivity index (χ0n) is 4.54. The van der Waals surface area contributed by atoms with Gasteiger partial charge in [-0.2, -0.15) is 12.6 Å². The van der Waals surface area contributed by atoms with Gasteiger partial charge in [0, 0.05) is 19.5 Å². The van der Waals surface area contributed by atoms with Gasteiger partial charge in [0.25, 0.3) is 11.4 Å². The van der Waals surface area contributed by atoms with Crippen LogP contribution in [0.3, 0.4) is 0 Å². The molecule has 0 saturated carbocycles. The topological polar surface area (TPSA) is 132 Å². The van der Waals surface area contributed by atoms with Gasteiger partial charge in [-0.1, -0.05) is 0 Å². The Balaban J connectivity index is -0.0000000383. The smallest absolute Gasteiger partial charge is 0 e. The molecular weight excluding hydrogens is 265 g/mol. The Hall–Kier alpha value is 1.56. The summed E-state index contributed by atoms with van der Waals surface area (Å²) in [6, 6.07) is 0. The van der Waals surface area contributed by atoms with Gasteiger partial charge in [0.1, 0.15) is 0 Å². The maximum atomic E-state index is 8.74. The molecule has 0 aromatic carbocycles. The second kappa shape index (κ2) is 11.6. The van der Waals surface area contributed by atoms with Gasteiger partial charge in [-0.25, -0.2) is 0 Å². The van der Waals surface area contributed by atoms with Crippen molar-refractivity contribution in [2.75, 3.05) is 0 Å². The van der Waals surface area contributed by atoms with Crippen LogP contribution in [0, 0.1) is 0 Å². The van der Waals surface area contributed by atoms with Gasteiger partial charge in [0.2, 0.25) is 0 Å². The molecule has 0 rings (SSSR count). The van der Waals surface area contributed by atoms with E-state index in [0.29, 0.717) is 0 Å². The van der Waals surface area contributed by atoms with Gasteiger partial charge in [0.15, 0.2) is 0 Å². The number of hydrogen-bond acceptors (Lipinski definition) is 3. The van der Waals surface area contributed by atoms with E-state index >= 15 is 0 Å². The van der Waals surface area contributed by atoms with Crippen molar-refractivity contribution in [3.05, 3.63) is 0 Å². The molecule has 0 fully saturated rings. The minimum atomic E-state index is -4.67. The summed E-state index contributed by atoms with van der Waals surface area (Å²) in [6.45, 7) is 0. The van der Waals surface area contributed by atoms with Crippen molar-refractivity contribution in [2.24, 2.45) is 0 Å². The Bertz CT molecular complexity index is 159. The van der Waals surface area contributed by atoms with Crippen LogP contribution in [-0.4, -0.2) is 60.4 Å². The largest absolute Gasteiger partial charge is 0 e. The minimum Gasteiger partial charge on any atom is 0 e. The van der Waals surface area contributed by atoms with Crippen LogP contribution < -0.4 is 0 Å². The molecule has 0 atom stereocenters. The third-order valence-corrected chi connectivity index (χ3v) is 0. The van der Waals surface area contributed by atoms with Crippen LogP contribution in [0.15, 0.2) is 0 Å². The molecule has 0 aliphatic heterocycles. The summed E-state index contributed by atoms with van der Waals surface area (Å²) in [7, 11) is -4.67. The molecule has 62 valence electrons. The van der Waals surface area contributed by atoms with Crippen LogP contribution in [-0.2, 0) is 41.2 Å².